The quantitative estimate of drug-likeness (QED) is 0.846. The van der Waals surface area contributed by atoms with E-state index >= 15 is 0 Å². The molecule has 0 fully saturated rings. The minimum atomic E-state index is -0.102. The number of aromatic nitrogens is 3. The number of nitrogens with zero attached hydrogens (tertiary/aromatic N) is 4. The summed E-state index contributed by atoms with van der Waals surface area (Å²) in [4.78, 5) is 19.5. The molecule has 0 aliphatic carbocycles. The monoisotopic (exact) mass is 393 g/mol. The lowest BCUT2D eigenvalue weighted by atomic mass is 9.93. The summed E-state index contributed by atoms with van der Waals surface area (Å²) >= 11 is 1.41. The number of rotatable bonds is 5. The van der Waals surface area contributed by atoms with Gasteiger partial charge in [0.05, 0.1) is 11.9 Å². The average Bonchev–Trinajstić information content (AvgIpc) is 3.03. The van der Waals surface area contributed by atoms with Crippen LogP contribution in [0.5, 0.6) is 0 Å². The van der Waals surface area contributed by atoms with E-state index < -0.39 is 0 Å². The zero-order valence-corrected chi connectivity index (χ0v) is 17.0. The molecule has 6 nitrogen and oxygen atoms in total. The molecule has 9 heteroatoms. The number of carbonyl (C=O) groups is 1. The fourth-order valence-electron chi connectivity index (χ4n) is 2.20. The number of aryl methyl sites for hydroxylation is 2. The van der Waals surface area contributed by atoms with Crippen LogP contribution < -0.4 is 5.73 Å². The van der Waals surface area contributed by atoms with E-state index in [1.165, 1.54) is 11.3 Å². The summed E-state index contributed by atoms with van der Waals surface area (Å²) in [6.45, 7) is 7.12. The van der Waals surface area contributed by atoms with E-state index in [2.05, 4.69) is 23.9 Å². The molecule has 0 bridgehead atoms. The second-order valence-electron chi connectivity index (χ2n) is 6.37. The van der Waals surface area contributed by atoms with Crippen LogP contribution in [0.2, 0.25) is 0 Å². The fraction of sp³-hybridized carbons (Fsp3) is 0.533. The summed E-state index contributed by atoms with van der Waals surface area (Å²) in [7, 11) is 3.67. The van der Waals surface area contributed by atoms with Gasteiger partial charge in [-0.2, -0.15) is 5.10 Å². The van der Waals surface area contributed by atoms with Crippen molar-refractivity contribution in [2.45, 2.75) is 20.8 Å². The van der Waals surface area contributed by atoms with Crippen molar-refractivity contribution in [2.75, 3.05) is 20.1 Å². The lowest BCUT2D eigenvalue weighted by molar-refractivity contribution is 0.0744. The standard InChI is InChI=1S/C15H23N5OS.2ClH/c1-10-12(14(21)19(4)9-15(2,3)8-16)22-13(18-10)11-6-17-20(5)7-11;;/h6-7H,8-9,16H2,1-5H3;2*1H. The molecule has 0 saturated carbocycles. The average molecular weight is 394 g/mol. The van der Waals surface area contributed by atoms with Gasteiger partial charge < -0.3 is 10.6 Å². The highest BCUT2D eigenvalue weighted by Gasteiger charge is 2.25. The maximum absolute atomic E-state index is 12.6. The Labute approximate surface area is 159 Å². The van der Waals surface area contributed by atoms with Crippen molar-refractivity contribution < 1.29 is 4.79 Å². The van der Waals surface area contributed by atoms with E-state index in [0.717, 1.165) is 16.3 Å². The minimum Gasteiger partial charge on any atom is -0.340 e. The summed E-state index contributed by atoms with van der Waals surface area (Å²) < 4.78 is 1.73. The molecule has 0 aliphatic rings. The number of amides is 1. The second kappa shape index (κ2) is 8.80. The van der Waals surface area contributed by atoms with Crippen LogP contribution in [-0.4, -0.2) is 45.7 Å². The highest BCUT2D eigenvalue weighted by Crippen LogP contribution is 2.28. The molecule has 0 radical (unpaired) electrons. The molecule has 136 valence electrons. The summed E-state index contributed by atoms with van der Waals surface area (Å²) in [5.41, 5.74) is 7.33. The van der Waals surface area contributed by atoms with Crippen molar-refractivity contribution in [3.05, 3.63) is 23.0 Å². The fourth-order valence-corrected chi connectivity index (χ4v) is 3.24. The van der Waals surface area contributed by atoms with Gasteiger partial charge in [-0.1, -0.05) is 13.8 Å². The van der Waals surface area contributed by atoms with Crippen LogP contribution >= 0.6 is 36.2 Å². The normalized spacial score (nSPS) is 10.8. The van der Waals surface area contributed by atoms with Gasteiger partial charge in [-0.15, -0.1) is 36.2 Å². The molecule has 0 unspecified atom stereocenters. The van der Waals surface area contributed by atoms with E-state index in [9.17, 15) is 4.79 Å². The zero-order valence-electron chi connectivity index (χ0n) is 14.6. The van der Waals surface area contributed by atoms with Crippen molar-refractivity contribution in [3.8, 4) is 10.6 Å². The van der Waals surface area contributed by atoms with Gasteiger partial charge >= 0.3 is 0 Å². The van der Waals surface area contributed by atoms with Crippen LogP contribution in [-0.2, 0) is 7.05 Å². The smallest absolute Gasteiger partial charge is 0.265 e. The van der Waals surface area contributed by atoms with Gasteiger partial charge in [-0.05, 0) is 18.9 Å². The molecule has 0 spiro atoms. The number of carbonyl (C=O) groups excluding carboxylic acids is 1. The van der Waals surface area contributed by atoms with Crippen LogP contribution in [0.1, 0.15) is 29.2 Å². The lowest BCUT2D eigenvalue weighted by Gasteiger charge is -2.28. The Hall–Kier alpha value is -1.15. The molecule has 0 atom stereocenters. The summed E-state index contributed by atoms with van der Waals surface area (Å²) in [6, 6.07) is 0. The summed E-state index contributed by atoms with van der Waals surface area (Å²) in [5, 5.41) is 4.97. The first-order chi connectivity index (χ1) is 10.2. The SMILES string of the molecule is Cc1nc(-c2cnn(C)c2)sc1C(=O)N(C)CC(C)(C)CN.Cl.Cl. The molecule has 0 aromatic carbocycles. The number of hydrogen-bond acceptors (Lipinski definition) is 5. The number of thiazole rings is 1. The predicted molar refractivity (Wildman–Crippen MR) is 103 cm³/mol. The Morgan fingerprint density at radius 3 is 2.54 bits per heavy atom. The molecular formula is C15H25Cl2N5OS. The largest absolute Gasteiger partial charge is 0.340 e. The molecule has 2 rings (SSSR count). The van der Waals surface area contributed by atoms with E-state index in [0.29, 0.717) is 18.0 Å². The first-order valence-electron chi connectivity index (χ1n) is 7.15. The molecule has 2 N–H and O–H groups in total. The van der Waals surface area contributed by atoms with E-state index in [-0.39, 0.29) is 36.1 Å². The van der Waals surface area contributed by atoms with E-state index in [1.807, 2.05) is 27.2 Å². The van der Waals surface area contributed by atoms with Crippen LogP contribution in [0.15, 0.2) is 12.4 Å². The molecular weight excluding hydrogens is 369 g/mol. The molecule has 2 aromatic heterocycles. The third kappa shape index (κ3) is 5.17. The first kappa shape index (κ1) is 22.9. The highest BCUT2D eigenvalue weighted by molar-refractivity contribution is 7.17. The van der Waals surface area contributed by atoms with Gasteiger partial charge in [0.25, 0.3) is 5.91 Å². The van der Waals surface area contributed by atoms with Crippen molar-refractivity contribution in [1.29, 1.82) is 0 Å². The van der Waals surface area contributed by atoms with Crippen molar-refractivity contribution in [2.24, 2.45) is 18.2 Å². The topological polar surface area (TPSA) is 77.0 Å². The zero-order chi connectivity index (χ0) is 16.5. The van der Waals surface area contributed by atoms with Crippen LogP contribution in [0.3, 0.4) is 0 Å². The Kier molecular flexibility index (Phi) is 8.38. The van der Waals surface area contributed by atoms with Gasteiger partial charge in [0.15, 0.2) is 0 Å². The summed E-state index contributed by atoms with van der Waals surface area (Å²) in [6.07, 6.45) is 3.65. The van der Waals surface area contributed by atoms with Crippen LogP contribution in [0.4, 0.5) is 0 Å². The maximum Gasteiger partial charge on any atom is 0.265 e. The highest BCUT2D eigenvalue weighted by atomic mass is 35.5. The van der Waals surface area contributed by atoms with Crippen molar-refractivity contribution in [3.63, 3.8) is 0 Å². The Morgan fingerprint density at radius 2 is 2.04 bits per heavy atom. The third-order valence-corrected chi connectivity index (χ3v) is 4.70. The molecule has 0 aliphatic heterocycles. The Bertz CT molecular complexity index is 683. The van der Waals surface area contributed by atoms with Gasteiger partial charge in [-0.25, -0.2) is 4.98 Å². The van der Waals surface area contributed by atoms with Crippen molar-refractivity contribution >= 4 is 42.1 Å². The molecule has 0 saturated heterocycles. The molecule has 2 aromatic rings. The second-order valence-corrected chi connectivity index (χ2v) is 7.36. The molecule has 1 amide bonds. The Morgan fingerprint density at radius 1 is 1.42 bits per heavy atom. The first-order valence-corrected chi connectivity index (χ1v) is 7.97. The third-order valence-electron chi connectivity index (χ3n) is 3.51. The van der Waals surface area contributed by atoms with Crippen LogP contribution in [0.25, 0.3) is 10.6 Å². The van der Waals surface area contributed by atoms with Crippen molar-refractivity contribution in [1.82, 2.24) is 19.7 Å². The van der Waals surface area contributed by atoms with Gasteiger partial charge in [0.1, 0.15) is 9.88 Å². The minimum absolute atomic E-state index is 0. The maximum atomic E-state index is 12.6. The molecule has 24 heavy (non-hydrogen) atoms. The number of nitrogens with two attached hydrogens (primary N) is 1. The van der Waals surface area contributed by atoms with Gasteiger partial charge in [0, 0.05) is 32.4 Å². The molecule has 2 heterocycles. The van der Waals surface area contributed by atoms with Gasteiger partial charge in [-0.3, -0.25) is 9.48 Å². The number of halogens is 2. The Balaban J connectivity index is 0.00000264. The lowest BCUT2D eigenvalue weighted by Crippen LogP contribution is -2.39. The van der Waals surface area contributed by atoms with Gasteiger partial charge in [0.2, 0.25) is 0 Å². The van der Waals surface area contributed by atoms with E-state index in [1.54, 1.807) is 15.8 Å². The van der Waals surface area contributed by atoms with Crippen LogP contribution in [0, 0.1) is 12.3 Å². The van der Waals surface area contributed by atoms with E-state index in [4.69, 9.17) is 5.73 Å². The predicted octanol–water partition coefficient (Wildman–Crippen LogP) is 2.75. The summed E-state index contributed by atoms with van der Waals surface area (Å²) in [5.74, 6) is -0.00772. The number of hydrogen-bond donors (Lipinski definition) is 1.